The summed E-state index contributed by atoms with van der Waals surface area (Å²) < 4.78 is 0. The van der Waals surface area contributed by atoms with Crippen molar-refractivity contribution in [3.05, 3.63) is 33.8 Å². The third-order valence-electron chi connectivity index (χ3n) is 6.06. The Morgan fingerprint density at radius 1 is 1.00 bits per heavy atom. The van der Waals surface area contributed by atoms with E-state index in [9.17, 15) is 0 Å². The molecule has 0 amide bonds. The molecule has 0 radical (unpaired) electrons. The lowest BCUT2D eigenvalue weighted by molar-refractivity contribution is 0.117. The van der Waals surface area contributed by atoms with Crippen LogP contribution in [0.5, 0.6) is 0 Å². The van der Waals surface area contributed by atoms with Gasteiger partial charge in [-0.1, -0.05) is 43.4 Å². The van der Waals surface area contributed by atoms with Crippen molar-refractivity contribution in [2.45, 2.75) is 64.8 Å². The van der Waals surface area contributed by atoms with E-state index in [1.807, 2.05) is 0 Å². The second-order valence-corrected chi connectivity index (χ2v) is 7.77. The average Bonchev–Trinajstić information content (AvgIpc) is 2.50. The fraction of sp³-hybridized carbons (Fsp3) is 0.684. The zero-order valence-electron chi connectivity index (χ0n) is 13.4. The quantitative estimate of drug-likeness (QED) is 0.760. The molecule has 3 rings (SSSR count). The predicted octanol–water partition coefficient (Wildman–Crippen LogP) is 5.56. The monoisotopic (exact) mass is 305 g/mol. The molecule has 4 atom stereocenters. The Bertz CT molecular complexity index is 511. The molecule has 1 aromatic carbocycles. The van der Waals surface area contributed by atoms with Gasteiger partial charge in [-0.05, 0) is 73.6 Å². The largest absolute Gasteiger partial charge is 0.324 e. The Hall–Kier alpha value is -0.530. The van der Waals surface area contributed by atoms with Crippen LogP contribution in [-0.4, -0.2) is 0 Å². The molecule has 116 valence electrons. The smallest absolute Gasteiger partial charge is 0.0456 e. The van der Waals surface area contributed by atoms with Gasteiger partial charge in [0.2, 0.25) is 0 Å². The fourth-order valence-corrected chi connectivity index (χ4v) is 4.89. The van der Waals surface area contributed by atoms with Gasteiger partial charge in [0.1, 0.15) is 0 Å². The highest BCUT2D eigenvalue weighted by Crippen LogP contribution is 2.46. The van der Waals surface area contributed by atoms with Gasteiger partial charge in [0, 0.05) is 11.1 Å². The lowest BCUT2D eigenvalue weighted by Gasteiger charge is -2.41. The summed E-state index contributed by atoms with van der Waals surface area (Å²) in [5, 5.41) is 0.858. The zero-order valence-corrected chi connectivity index (χ0v) is 14.1. The molecule has 1 aromatic rings. The second kappa shape index (κ2) is 6.30. The van der Waals surface area contributed by atoms with Crippen molar-refractivity contribution < 1.29 is 0 Å². The third kappa shape index (κ3) is 3.14. The van der Waals surface area contributed by atoms with Crippen molar-refractivity contribution in [2.75, 3.05) is 0 Å². The van der Waals surface area contributed by atoms with Crippen molar-refractivity contribution >= 4 is 11.6 Å². The van der Waals surface area contributed by atoms with E-state index in [0.717, 1.165) is 16.9 Å². The molecule has 0 heterocycles. The molecule has 1 nitrogen and oxygen atoms in total. The average molecular weight is 306 g/mol. The number of hydrogen-bond donors (Lipinski definition) is 1. The molecule has 4 unspecified atom stereocenters. The fourth-order valence-electron chi connectivity index (χ4n) is 4.55. The van der Waals surface area contributed by atoms with Gasteiger partial charge in [-0.3, -0.25) is 0 Å². The Kier molecular flexibility index (Phi) is 4.61. The van der Waals surface area contributed by atoms with Gasteiger partial charge >= 0.3 is 0 Å². The number of benzene rings is 1. The second-order valence-electron chi connectivity index (χ2n) is 7.36. The maximum atomic E-state index is 6.63. The SMILES string of the molecule is Cc1cc(Cl)c(C(N)C2CCC3CCCCC3C2)cc1C. The summed E-state index contributed by atoms with van der Waals surface area (Å²) >= 11 is 6.47. The lowest BCUT2D eigenvalue weighted by atomic mass is 9.65. The van der Waals surface area contributed by atoms with Gasteiger partial charge in [-0.2, -0.15) is 0 Å². The van der Waals surface area contributed by atoms with E-state index < -0.39 is 0 Å². The van der Waals surface area contributed by atoms with Crippen LogP contribution in [0, 0.1) is 31.6 Å². The van der Waals surface area contributed by atoms with Gasteiger partial charge in [0.25, 0.3) is 0 Å². The zero-order chi connectivity index (χ0) is 15.0. The minimum Gasteiger partial charge on any atom is -0.324 e. The first-order valence-corrected chi connectivity index (χ1v) is 8.96. The Balaban J connectivity index is 1.76. The molecular weight excluding hydrogens is 278 g/mol. The summed E-state index contributed by atoms with van der Waals surface area (Å²) in [6.45, 7) is 4.27. The maximum Gasteiger partial charge on any atom is 0.0456 e. The van der Waals surface area contributed by atoms with Gasteiger partial charge in [0.15, 0.2) is 0 Å². The van der Waals surface area contributed by atoms with Crippen LogP contribution in [0.15, 0.2) is 12.1 Å². The summed E-state index contributed by atoms with van der Waals surface area (Å²) in [4.78, 5) is 0. The van der Waals surface area contributed by atoms with Crippen molar-refractivity contribution in [2.24, 2.45) is 23.5 Å². The number of rotatable bonds is 2. The summed E-state index contributed by atoms with van der Waals surface area (Å²) in [6.07, 6.45) is 9.73. The van der Waals surface area contributed by atoms with Crippen LogP contribution in [0.4, 0.5) is 0 Å². The number of aryl methyl sites for hydroxylation is 2. The topological polar surface area (TPSA) is 26.0 Å². The van der Waals surface area contributed by atoms with Crippen LogP contribution >= 0.6 is 11.6 Å². The molecule has 2 heteroatoms. The first-order valence-electron chi connectivity index (χ1n) is 8.58. The molecule has 2 aliphatic carbocycles. The summed E-state index contributed by atoms with van der Waals surface area (Å²) in [7, 11) is 0. The van der Waals surface area contributed by atoms with E-state index in [1.165, 1.54) is 61.6 Å². The molecule has 21 heavy (non-hydrogen) atoms. The molecule has 2 N–H and O–H groups in total. The van der Waals surface area contributed by atoms with E-state index in [0.29, 0.717) is 5.92 Å². The molecule has 0 aromatic heterocycles. The van der Waals surface area contributed by atoms with Crippen molar-refractivity contribution in [1.82, 2.24) is 0 Å². The Labute approximate surface area is 134 Å². The molecular formula is C19H28ClN. The molecule has 0 aliphatic heterocycles. The highest BCUT2D eigenvalue weighted by atomic mass is 35.5. The van der Waals surface area contributed by atoms with E-state index in [1.54, 1.807) is 0 Å². The van der Waals surface area contributed by atoms with Crippen LogP contribution in [0.1, 0.15) is 67.7 Å². The molecule has 0 spiro atoms. The van der Waals surface area contributed by atoms with E-state index in [-0.39, 0.29) is 6.04 Å². The van der Waals surface area contributed by atoms with Crippen LogP contribution in [0.3, 0.4) is 0 Å². The van der Waals surface area contributed by atoms with Gasteiger partial charge in [-0.25, -0.2) is 0 Å². The summed E-state index contributed by atoms with van der Waals surface area (Å²) in [5.74, 6) is 2.52. The van der Waals surface area contributed by atoms with Crippen molar-refractivity contribution in [3.63, 3.8) is 0 Å². The van der Waals surface area contributed by atoms with E-state index >= 15 is 0 Å². The molecule has 0 saturated heterocycles. The first-order chi connectivity index (χ1) is 10.1. The van der Waals surface area contributed by atoms with Crippen molar-refractivity contribution in [1.29, 1.82) is 0 Å². The number of halogens is 1. The summed E-state index contributed by atoms with van der Waals surface area (Å²) in [5.41, 5.74) is 10.4. The highest BCUT2D eigenvalue weighted by Gasteiger charge is 2.35. The van der Waals surface area contributed by atoms with E-state index in [2.05, 4.69) is 26.0 Å². The molecule has 2 aliphatic rings. The minimum absolute atomic E-state index is 0.111. The van der Waals surface area contributed by atoms with Crippen LogP contribution in [0.25, 0.3) is 0 Å². The van der Waals surface area contributed by atoms with Crippen LogP contribution in [-0.2, 0) is 0 Å². The van der Waals surface area contributed by atoms with Gasteiger partial charge in [0.05, 0.1) is 0 Å². The standard InChI is InChI=1S/C19H28ClN/c1-12-9-17(18(20)10-13(12)2)19(21)16-8-7-14-5-3-4-6-15(14)11-16/h9-10,14-16,19H,3-8,11,21H2,1-2H3. The molecule has 2 fully saturated rings. The predicted molar refractivity (Wildman–Crippen MR) is 90.6 cm³/mol. The van der Waals surface area contributed by atoms with Crippen LogP contribution in [0.2, 0.25) is 5.02 Å². The third-order valence-corrected chi connectivity index (χ3v) is 6.39. The Morgan fingerprint density at radius 3 is 2.43 bits per heavy atom. The molecule has 0 bridgehead atoms. The normalized spacial score (nSPS) is 30.8. The number of nitrogens with two attached hydrogens (primary N) is 1. The Morgan fingerprint density at radius 2 is 1.67 bits per heavy atom. The van der Waals surface area contributed by atoms with Gasteiger partial charge in [-0.15, -0.1) is 0 Å². The van der Waals surface area contributed by atoms with Crippen LogP contribution < -0.4 is 5.73 Å². The lowest BCUT2D eigenvalue weighted by Crippen LogP contribution is -2.33. The van der Waals surface area contributed by atoms with Crippen molar-refractivity contribution in [3.8, 4) is 0 Å². The molecule has 2 saturated carbocycles. The number of fused-ring (bicyclic) bond motifs is 1. The number of hydrogen-bond acceptors (Lipinski definition) is 1. The first kappa shape index (κ1) is 15.4. The summed E-state index contributed by atoms with van der Waals surface area (Å²) in [6, 6.07) is 4.41. The van der Waals surface area contributed by atoms with E-state index in [4.69, 9.17) is 17.3 Å². The highest BCUT2D eigenvalue weighted by molar-refractivity contribution is 6.31. The minimum atomic E-state index is 0.111. The van der Waals surface area contributed by atoms with Gasteiger partial charge < -0.3 is 5.73 Å². The maximum absolute atomic E-state index is 6.63.